The van der Waals surface area contributed by atoms with Gasteiger partial charge < -0.3 is 10.3 Å². The number of hydrogen-bond donors (Lipinski definition) is 1. The molecule has 2 aromatic heterocycles. The average molecular weight is 202 g/mol. The summed E-state index contributed by atoms with van der Waals surface area (Å²) in [5.74, 6) is 0.945. The Balaban J connectivity index is 2.44. The Kier molecular flexibility index (Phi) is 2.78. The molecule has 0 saturated carbocycles. The summed E-state index contributed by atoms with van der Waals surface area (Å²) >= 11 is 0. The lowest BCUT2D eigenvalue weighted by Gasteiger charge is -2.05. The van der Waals surface area contributed by atoms with Gasteiger partial charge in [0.25, 0.3) is 0 Å². The molecule has 0 aliphatic rings. The number of aryl methyl sites for hydroxylation is 1. The van der Waals surface area contributed by atoms with Gasteiger partial charge in [-0.1, -0.05) is 0 Å². The van der Waals surface area contributed by atoms with Crippen molar-refractivity contribution in [3.8, 4) is 11.4 Å². The van der Waals surface area contributed by atoms with E-state index in [1.807, 2.05) is 18.5 Å². The first-order valence-electron chi connectivity index (χ1n) is 5.00. The molecule has 2 aromatic rings. The molecular weight excluding hydrogens is 188 g/mol. The van der Waals surface area contributed by atoms with E-state index in [4.69, 9.17) is 5.73 Å². The van der Waals surface area contributed by atoms with Crippen molar-refractivity contribution in [3.63, 3.8) is 0 Å². The van der Waals surface area contributed by atoms with E-state index >= 15 is 0 Å². The summed E-state index contributed by atoms with van der Waals surface area (Å²) in [7, 11) is 0. The number of rotatable bonds is 3. The highest BCUT2D eigenvalue weighted by Crippen LogP contribution is 2.17. The van der Waals surface area contributed by atoms with Gasteiger partial charge in [0, 0.05) is 43.4 Å². The summed E-state index contributed by atoms with van der Waals surface area (Å²) in [5.41, 5.74) is 7.62. The molecule has 78 valence electrons. The second-order valence-electron chi connectivity index (χ2n) is 3.32. The van der Waals surface area contributed by atoms with E-state index < -0.39 is 0 Å². The van der Waals surface area contributed by atoms with Crippen LogP contribution in [-0.2, 0) is 13.1 Å². The third kappa shape index (κ3) is 1.89. The first-order chi connectivity index (χ1) is 7.35. The highest BCUT2D eigenvalue weighted by atomic mass is 15.1. The zero-order valence-corrected chi connectivity index (χ0v) is 8.72. The van der Waals surface area contributed by atoms with E-state index in [2.05, 4.69) is 21.5 Å². The number of pyridine rings is 1. The summed E-state index contributed by atoms with van der Waals surface area (Å²) in [4.78, 5) is 8.47. The van der Waals surface area contributed by atoms with Crippen molar-refractivity contribution in [1.29, 1.82) is 0 Å². The Morgan fingerprint density at radius 3 is 3.00 bits per heavy atom. The maximum Gasteiger partial charge on any atom is 0.141 e. The van der Waals surface area contributed by atoms with Crippen molar-refractivity contribution < 1.29 is 0 Å². The first kappa shape index (κ1) is 9.86. The Hall–Kier alpha value is -1.68. The van der Waals surface area contributed by atoms with Crippen LogP contribution in [0.1, 0.15) is 12.5 Å². The number of nitrogens with two attached hydrogens (primary N) is 1. The largest absolute Gasteiger partial charge is 0.331 e. The molecule has 0 radical (unpaired) electrons. The number of aromatic nitrogens is 3. The molecule has 4 nitrogen and oxygen atoms in total. The molecule has 2 heterocycles. The fraction of sp³-hybridized carbons (Fsp3) is 0.273. The fourth-order valence-corrected chi connectivity index (χ4v) is 1.55. The van der Waals surface area contributed by atoms with Crippen LogP contribution in [0.2, 0.25) is 0 Å². The SMILES string of the molecule is CCn1ccnc1-c1cncc(CN)c1. The lowest BCUT2D eigenvalue weighted by atomic mass is 10.2. The second-order valence-corrected chi connectivity index (χ2v) is 3.32. The summed E-state index contributed by atoms with van der Waals surface area (Å²) < 4.78 is 2.08. The predicted octanol–water partition coefficient (Wildman–Crippen LogP) is 1.42. The van der Waals surface area contributed by atoms with Gasteiger partial charge in [0.15, 0.2) is 0 Å². The molecule has 0 atom stereocenters. The molecule has 2 rings (SSSR count). The molecule has 4 heteroatoms. The minimum absolute atomic E-state index is 0.508. The van der Waals surface area contributed by atoms with Gasteiger partial charge in [0.1, 0.15) is 5.82 Å². The minimum atomic E-state index is 0.508. The number of hydrogen-bond acceptors (Lipinski definition) is 3. The van der Waals surface area contributed by atoms with Gasteiger partial charge in [-0.3, -0.25) is 4.98 Å². The molecule has 0 aliphatic carbocycles. The third-order valence-electron chi connectivity index (χ3n) is 2.34. The Bertz CT molecular complexity index is 447. The van der Waals surface area contributed by atoms with E-state index in [-0.39, 0.29) is 0 Å². The van der Waals surface area contributed by atoms with Crippen LogP contribution in [0.3, 0.4) is 0 Å². The van der Waals surface area contributed by atoms with E-state index in [1.54, 1.807) is 12.4 Å². The molecule has 0 amide bonds. The van der Waals surface area contributed by atoms with Crippen LogP contribution in [0.5, 0.6) is 0 Å². The normalized spacial score (nSPS) is 10.5. The average Bonchev–Trinajstić information content (AvgIpc) is 2.77. The molecule has 0 saturated heterocycles. The van der Waals surface area contributed by atoms with E-state index in [0.29, 0.717) is 6.54 Å². The summed E-state index contributed by atoms with van der Waals surface area (Å²) in [6.07, 6.45) is 7.36. The summed E-state index contributed by atoms with van der Waals surface area (Å²) in [5, 5.41) is 0. The standard InChI is InChI=1S/C11H14N4/c1-2-15-4-3-14-11(15)10-5-9(6-12)7-13-8-10/h3-5,7-8H,2,6,12H2,1H3. The van der Waals surface area contributed by atoms with E-state index in [1.165, 1.54) is 0 Å². The minimum Gasteiger partial charge on any atom is -0.331 e. The smallest absolute Gasteiger partial charge is 0.141 e. The lowest BCUT2D eigenvalue weighted by Crippen LogP contribution is -2.00. The monoisotopic (exact) mass is 202 g/mol. The van der Waals surface area contributed by atoms with Crippen molar-refractivity contribution in [2.45, 2.75) is 20.0 Å². The molecule has 15 heavy (non-hydrogen) atoms. The van der Waals surface area contributed by atoms with Gasteiger partial charge in [-0.25, -0.2) is 4.98 Å². The summed E-state index contributed by atoms with van der Waals surface area (Å²) in [6, 6.07) is 2.03. The lowest BCUT2D eigenvalue weighted by molar-refractivity contribution is 0.770. The topological polar surface area (TPSA) is 56.7 Å². The Morgan fingerprint density at radius 2 is 2.27 bits per heavy atom. The highest BCUT2D eigenvalue weighted by Gasteiger charge is 2.05. The van der Waals surface area contributed by atoms with Crippen molar-refractivity contribution in [2.24, 2.45) is 5.73 Å². The highest BCUT2D eigenvalue weighted by molar-refractivity contribution is 5.55. The summed E-state index contributed by atoms with van der Waals surface area (Å²) in [6.45, 7) is 3.50. The van der Waals surface area contributed by atoms with Crippen LogP contribution in [0.25, 0.3) is 11.4 Å². The van der Waals surface area contributed by atoms with Crippen molar-refractivity contribution in [3.05, 3.63) is 36.4 Å². The number of imidazole rings is 1. The van der Waals surface area contributed by atoms with Gasteiger partial charge in [-0.05, 0) is 18.6 Å². The first-order valence-corrected chi connectivity index (χ1v) is 5.00. The van der Waals surface area contributed by atoms with E-state index in [0.717, 1.165) is 23.5 Å². The van der Waals surface area contributed by atoms with Crippen molar-refractivity contribution >= 4 is 0 Å². The zero-order valence-electron chi connectivity index (χ0n) is 8.72. The van der Waals surface area contributed by atoms with Crippen LogP contribution < -0.4 is 5.73 Å². The Morgan fingerprint density at radius 1 is 1.40 bits per heavy atom. The fourth-order valence-electron chi connectivity index (χ4n) is 1.55. The van der Waals surface area contributed by atoms with Gasteiger partial charge in [-0.2, -0.15) is 0 Å². The molecule has 0 bridgehead atoms. The molecule has 2 N–H and O–H groups in total. The molecular formula is C11H14N4. The Labute approximate surface area is 88.8 Å². The van der Waals surface area contributed by atoms with Crippen LogP contribution in [-0.4, -0.2) is 14.5 Å². The number of nitrogens with zero attached hydrogens (tertiary/aromatic N) is 3. The van der Waals surface area contributed by atoms with Gasteiger partial charge >= 0.3 is 0 Å². The van der Waals surface area contributed by atoms with Crippen LogP contribution in [0.15, 0.2) is 30.9 Å². The predicted molar refractivity (Wildman–Crippen MR) is 59.0 cm³/mol. The van der Waals surface area contributed by atoms with Crippen LogP contribution >= 0.6 is 0 Å². The van der Waals surface area contributed by atoms with Gasteiger partial charge in [0.05, 0.1) is 0 Å². The van der Waals surface area contributed by atoms with Gasteiger partial charge in [0.2, 0.25) is 0 Å². The quantitative estimate of drug-likeness (QED) is 0.819. The molecule has 0 spiro atoms. The zero-order chi connectivity index (χ0) is 10.7. The van der Waals surface area contributed by atoms with Crippen LogP contribution in [0, 0.1) is 0 Å². The molecule has 0 unspecified atom stereocenters. The molecule has 0 aromatic carbocycles. The van der Waals surface area contributed by atoms with Crippen molar-refractivity contribution in [1.82, 2.24) is 14.5 Å². The molecule has 0 aliphatic heterocycles. The second kappa shape index (κ2) is 4.23. The van der Waals surface area contributed by atoms with E-state index in [9.17, 15) is 0 Å². The van der Waals surface area contributed by atoms with Gasteiger partial charge in [-0.15, -0.1) is 0 Å². The van der Waals surface area contributed by atoms with Crippen molar-refractivity contribution in [2.75, 3.05) is 0 Å². The maximum atomic E-state index is 5.58. The maximum absolute atomic E-state index is 5.58. The third-order valence-corrected chi connectivity index (χ3v) is 2.34. The van der Waals surface area contributed by atoms with Crippen LogP contribution in [0.4, 0.5) is 0 Å². The molecule has 0 fully saturated rings.